The minimum Gasteiger partial charge on any atom is -0.366 e. The molecule has 1 unspecified atom stereocenters. The van der Waals surface area contributed by atoms with Gasteiger partial charge in [-0.25, -0.2) is 4.98 Å². The summed E-state index contributed by atoms with van der Waals surface area (Å²) in [6, 6.07) is 4.35. The number of hydrogen-bond donors (Lipinski definition) is 2. The third kappa shape index (κ3) is 4.17. The van der Waals surface area contributed by atoms with Crippen LogP contribution in [0.1, 0.15) is 49.2 Å². The van der Waals surface area contributed by atoms with Crippen molar-refractivity contribution in [2.45, 2.75) is 52.1 Å². The molecular formula is C16H26N4O. The van der Waals surface area contributed by atoms with Gasteiger partial charge in [0.1, 0.15) is 5.82 Å². The number of nitrogens with zero attached hydrogens (tertiary/aromatic N) is 2. The van der Waals surface area contributed by atoms with Crippen LogP contribution in [0.15, 0.2) is 12.1 Å². The van der Waals surface area contributed by atoms with E-state index >= 15 is 0 Å². The summed E-state index contributed by atoms with van der Waals surface area (Å²) in [4.78, 5) is 18.3. The zero-order valence-corrected chi connectivity index (χ0v) is 13.2. The number of carbonyl (C=O) groups excluding carboxylic acids is 1. The standard InChI is InChI=1S/C16H26N4O/c1-11(2)20(10-14-6-4-5-7-18-14)15-9-13(16(17)21)8-12(3)19-15/h8-9,11,14,18H,4-7,10H2,1-3H3,(H2,17,21). The summed E-state index contributed by atoms with van der Waals surface area (Å²) >= 11 is 0. The summed E-state index contributed by atoms with van der Waals surface area (Å²) in [5.41, 5.74) is 6.76. The Balaban J connectivity index is 2.22. The smallest absolute Gasteiger partial charge is 0.248 e. The van der Waals surface area contributed by atoms with Gasteiger partial charge in [0.2, 0.25) is 5.91 Å². The van der Waals surface area contributed by atoms with Crippen LogP contribution in [0.4, 0.5) is 5.82 Å². The summed E-state index contributed by atoms with van der Waals surface area (Å²) in [5, 5.41) is 3.57. The van der Waals surface area contributed by atoms with Gasteiger partial charge in [0, 0.05) is 29.9 Å². The highest BCUT2D eigenvalue weighted by molar-refractivity contribution is 5.93. The van der Waals surface area contributed by atoms with Crippen LogP contribution < -0.4 is 16.0 Å². The predicted molar refractivity (Wildman–Crippen MR) is 85.6 cm³/mol. The predicted octanol–water partition coefficient (Wildman–Crippen LogP) is 1.85. The van der Waals surface area contributed by atoms with Crippen molar-refractivity contribution in [1.82, 2.24) is 10.3 Å². The van der Waals surface area contributed by atoms with E-state index < -0.39 is 5.91 Å². The molecule has 3 N–H and O–H groups in total. The van der Waals surface area contributed by atoms with E-state index in [0.717, 1.165) is 24.6 Å². The van der Waals surface area contributed by atoms with Gasteiger partial charge in [0.15, 0.2) is 0 Å². The lowest BCUT2D eigenvalue weighted by Crippen LogP contribution is -2.46. The van der Waals surface area contributed by atoms with Crippen molar-refractivity contribution in [3.05, 3.63) is 23.4 Å². The number of piperidine rings is 1. The molecule has 1 atom stereocenters. The molecule has 1 fully saturated rings. The Morgan fingerprint density at radius 2 is 2.24 bits per heavy atom. The van der Waals surface area contributed by atoms with E-state index in [1.165, 1.54) is 19.3 Å². The Kier molecular flexibility index (Phi) is 5.17. The molecule has 0 saturated carbocycles. The van der Waals surface area contributed by atoms with Crippen LogP contribution in [0.3, 0.4) is 0 Å². The monoisotopic (exact) mass is 290 g/mol. The summed E-state index contributed by atoms with van der Waals surface area (Å²) in [5.74, 6) is 0.437. The highest BCUT2D eigenvalue weighted by Gasteiger charge is 2.20. The van der Waals surface area contributed by atoms with Gasteiger partial charge in [0.25, 0.3) is 0 Å². The molecule has 0 bridgehead atoms. The molecule has 2 heterocycles. The number of amides is 1. The second kappa shape index (κ2) is 6.89. The molecule has 21 heavy (non-hydrogen) atoms. The van der Waals surface area contributed by atoms with Gasteiger partial charge >= 0.3 is 0 Å². The highest BCUT2D eigenvalue weighted by atomic mass is 16.1. The molecule has 1 aromatic heterocycles. The van der Waals surface area contributed by atoms with E-state index in [9.17, 15) is 4.79 Å². The summed E-state index contributed by atoms with van der Waals surface area (Å²) in [6.07, 6.45) is 3.72. The van der Waals surface area contributed by atoms with Crippen LogP contribution in [0.2, 0.25) is 0 Å². The quantitative estimate of drug-likeness (QED) is 0.868. The number of rotatable bonds is 5. The lowest BCUT2D eigenvalue weighted by molar-refractivity contribution is 0.1000. The maximum Gasteiger partial charge on any atom is 0.248 e. The number of hydrogen-bond acceptors (Lipinski definition) is 4. The first-order valence-electron chi connectivity index (χ1n) is 7.76. The van der Waals surface area contributed by atoms with E-state index in [-0.39, 0.29) is 0 Å². The fourth-order valence-corrected chi connectivity index (χ4v) is 2.83. The van der Waals surface area contributed by atoms with Crippen LogP contribution >= 0.6 is 0 Å². The molecule has 0 aromatic carbocycles. The molecule has 1 saturated heterocycles. The molecule has 2 rings (SSSR count). The normalized spacial score (nSPS) is 18.8. The number of aryl methyl sites for hydroxylation is 1. The number of carbonyl (C=O) groups is 1. The van der Waals surface area contributed by atoms with E-state index in [4.69, 9.17) is 5.73 Å². The topological polar surface area (TPSA) is 71.2 Å². The van der Waals surface area contributed by atoms with Crippen LogP contribution in [0.5, 0.6) is 0 Å². The number of pyridine rings is 1. The Hall–Kier alpha value is -1.62. The van der Waals surface area contributed by atoms with Crippen LogP contribution in [-0.2, 0) is 0 Å². The van der Waals surface area contributed by atoms with Crippen LogP contribution in [0, 0.1) is 6.92 Å². The average molecular weight is 290 g/mol. The Bertz CT molecular complexity index is 495. The zero-order valence-electron chi connectivity index (χ0n) is 13.2. The van der Waals surface area contributed by atoms with Gasteiger partial charge in [-0.05, 0) is 52.3 Å². The molecular weight excluding hydrogens is 264 g/mol. The zero-order chi connectivity index (χ0) is 15.4. The third-order valence-electron chi connectivity index (χ3n) is 3.97. The Morgan fingerprint density at radius 3 is 2.81 bits per heavy atom. The van der Waals surface area contributed by atoms with Crippen molar-refractivity contribution in [1.29, 1.82) is 0 Å². The second-order valence-electron chi connectivity index (χ2n) is 6.11. The molecule has 0 aliphatic carbocycles. The highest BCUT2D eigenvalue weighted by Crippen LogP contribution is 2.19. The Morgan fingerprint density at radius 1 is 1.48 bits per heavy atom. The number of nitrogens with one attached hydrogen (secondary N) is 1. The molecule has 1 aliphatic heterocycles. The van der Waals surface area contributed by atoms with Crippen LogP contribution in [-0.4, -0.2) is 36.1 Å². The molecule has 116 valence electrons. The number of primary amides is 1. The lowest BCUT2D eigenvalue weighted by Gasteiger charge is -2.34. The van der Waals surface area contributed by atoms with E-state index in [2.05, 4.69) is 29.0 Å². The summed E-state index contributed by atoms with van der Waals surface area (Å²) < 4.78 is 0. The second-order valence-corrected chi connectivity index (χ2v) is 6.11. The van der Waals surface area contributed by atoms with Crippen molar-refractivity contribution in [2.24, 2.45) is 5.73 Å². The minimum atomic E-state index is -0.402. The van der Waals surface area contributed by atoms with Gasteiger partial charge in [-0.3, -0.25) is 4.79 Å². The lowest BCUT2D eigenvalue weighted by atomic mass is 10.0. The van der Waals surface area contributed by atoms with Gasteiger partial charge in [-0.2, -0.15) is 0 Å². The van der Waals surface area contributed by atoms with E-state index in [0.29, 0.717) is 17.6 Å². The maximum atomic E-state index is 11.5. The van der Waals surface area contributed by atoms with E-state index in [1.54, 1.807) is 12.1 Å². The summed E-state index contributed by atoms with van der Waals surface area (Å²) in [6.45, 7) is 8.19. The average Bonchev–Trinajstić information content (AvgIpc) is 2.44. The van der Waals surface area contributed by atoms with Gasteiger partial charge in [-0.15, -0.1) is 0 Å². The van der Waals surface area contributed by atoms with Crippen molar-refractivity contribution in [2.75, 3.05) is 18.0 Å². The van der Waals surface area contributed by atoms with Crippen molar-refractivity contribution in [3.8, 4) is 0 Å². The molecule has 1 amide bonds. The maximum absolute atomic E-state index is 11.5. The molecule has 5 heteroatoms. The van der Waals surface area contributed by atoms with E-state index in [1.807, 2.05) is 6.92 Å². The molecule has 0 spiro atoms. The fourth-order valence-electron chi connectivity index (χ4n) is 2.83. The first-order valence-corrected chi connectivity index (χ1v) is 7.76. The molecule has 0 radical (unpaired) electrons. The van der Waals surface area contributed by atoms with Crippen molar-refractivity contribution < 1.29 is 4.79 Å². The first kappa shape index (κ1) is 15.8. The third-order valence-corrected chi connectivity index (χ3v) is 3.97. The largest absolute Gasteiger partial charge is 0.366 e. The molecule has 5 nitrogen and oxygen atoms in total. The molecule has 1 aliphatic rings. The number of anilines is 1. The number of aromatic nitrogens is 1. The fraction of sp³-hybridized carbons (Fsp3) is 0.625. The van der Waals surface area contributed by atoms with Gasteiger partial charge < -0.3 is 16.0 Å². The van der Waals surface area contributed by atoms with Crippen molar-refractivity contribution >= 4 is 11.7 Å². The van der Waals surface area contributed by atoms with Crippen LogP contribution in [0.25, 0.3) is 0 Å². The molecule has 1 aromatic rings. The minimum absolute atomic E-state index is 0.323. The SMILES string of the molecule is Cc1cc(C(N)=O)cc(N(CC2CCCCN2)C(C)C)n1. The van der Waals surface area contributed by atoms with Gasteiger partial charge in [0.05, 0.1) is 0 Å². The first-order chi connectivity index (χ1) is 9.97. The van der Waals surface area contributed by atoms with Crippen molar-refractivity contribution in [3.63, 3.8) is 0 Å². The Labute approximate surface area is 126 Å². The summed E-state index contributed by atoms with van der Waals surface area (Å²) in [7, 11) is 0. The van der Waals surface area contributed by atoms with Gasteiger partial charge in [-0.1, -0.05) is 6.42 Å². The number of nitrogens with two attached hydrogens (primary N) is 1.